The highest BCUT2D eigenvalue weighted by molar-refractivity contribution is 9.18. The molecule has 0 aromatic heterocycles. The van der Waals surface area contributed by atoms with E-state index in [1.807, 2.05) is 6.07 Å². The fraction of sp³-hybridized carbons (Fsp3) is 0.500. The van der Waals surface area contributed by atoms with Crippen LogP contribution in [0.2, 0.25) is 0 Å². The fourth-order valence-electron chi connectivity index (χ4n) is 2.17. The molecule has 1 amide bonds. The molecule has 0 radical (unpaired) electrons. The first-order valence-corrected chi connectivity index (χ1v) is 6.98. The number of hydrogen-bond donors (Lipinski definition) is 1. The summed E-state index contributed by atoms with van der Waals surface area (Å²) in [5.41, 5.74) is 2.42. The van der Waals surface area contributed by atoms with Gasteiger partial charge in [-0.15, -0.1) is 0 Å². The Bertz CT molecular complexity index is 457. The van der Waals surface area contributed by atoms with Gasteiger partial charge in [0.05, 0.1) is 6.61 Å². The lowest BCUT2D eigenvalue weighted by molar-refractivity contribution is 0.259. The van der Waals surface area contributed by atoms with E-state index in [0.29, 0.717) is 6.54 Å². The molecule has 0 bridgehead atoms. The number of ether oxygens (including phenoxy) is 1. The van der Waals surface area contributed by atoms with Crippen LogP contribution in [0.25, 0.3) is 0 Å². The van der Waals surface area contributed by atoms with Gasteiger partial charge in [0.2, 0.25) is 0 Å². The van der Waals surface area contributed by atoms with Gasteiger partial charge in [0.25, 0.3) is 4.82 Å². The first kappa shape index (κ1) is 13.4. The van der Waals surface area contributed by atoms with Crippen LogP contribution in [0.1, 0.15) is 31.4 Å². The number of carbonyl (C=O) groups is 1. The Kier molecular flexibility index (Phi) is 3.95. The molecule has 1 N–H and O–H groups in total. The van der Waals surface area contributed by atoms with Crippen molar-refractivity contribution in [1.82, 2.24) is 5.32 Å². The highest BCUT2D eigenvalue weighted by Crippen LogP contribution is 2.30. The molecule has 0 atom stereocenters. The van der Waals surface area contributed by atoms with Crippen molar-refractivity contribution >= 4 is 20.7 Å². The predicted molar refractivity (Wildman–Crippen MR) is 75.6 cm³/mol. The van der Waals surface area contributed by atoms with Gasteiger partial charge in [0, 0.05) is 27.9 Å². The average molecular weight is 312 g/mol. The quantitative estimate of drug-likeness (QED) is 0.686. The third kappa shape index (κ3) is 3.05. The summed E-state index contributed by atoms with van der Waals surface area (Å²) in [5.74, 6) is 1.00. The molecule has 0 saturated heterocycles. The number of fused-ring (bicyclic) bond motifs is 1. The molecular formula is C14H18BrNO2. The Hall–Kier alpha value is -1.03. The largest absolute Gasteiger partial charge is 0.493 e. The Morgan fingerprint density at radius 2 is 2.28 bits per heavy atom. The zero-order valence-corrected chi connectivity index (χ0v) is 12.3. The van der Waals surface area contributed by atoms with E-state index in [0.717, 1.165) is 25.2 Å². The minimum atomic E-state index is -0.170. The van der Waals surface area contributed by atoms with Crippen LogP contribution in [-0.2, 0) is 11.8 Å². The number of rotatable bonds is 3. The van der Waals surface area contributed by atoms with Crippen LogP contribution in [0.4, 0.5) is 4.79 Å². The fourth-order valence-corrected chi connectivity index (χ4v) is 2.31. The normalized spacial score (nSPS) is 14.6. The van der Waals surface area contributed by atoms with Crippen LogP contribution in [0.3, 0.4) is 0 Å². The number of amides is 1. The lowest BCUT2D eigenvalue weighted by atomic mass is 9.83. The van der Waals surface area contributed by atoms with E-state index in [1.165, 1.54) is 11.1 Å². The molecule has 1 aliphatic heterocycles. The van der Waals surface area contributed by atoms with E-state index in [9.17, 15) is 4.79 Å². The van der Waals surface area contributed by atoms with E-state index >= 15 is 0 Å². The Morgan fingerprint density at radius 3 is 3.00 bits per heavy atom. The van der Waals surface area contributed by atoms with Crippen LogP contribution >= 0.6 is 15.9 Å². The molecule has 1 heterocycles. The number of aryl methyl sites for hydroxylation is 1. The van der Waals surface area contributed by atoms with Gasteiger partial charge in [-0.25, -0.2) is 0 Å². The molecule has 0 unspecified atom stereocenters. The highest BCUT2D eigenvalue weighted by atomic mass is 79.9. The van der Waals surface area contributed by atoms with Gasteiger partial charge >= 0.3 is 0 Å². The van der Waals surface area contributed by atoms with Crippen LogP contribution in [0, 0.1) is 0 Å². The second-order valence-electron chi connectivity index (χ2n) is 5.29. The van der Waals surface area contributed by atoms with Crippen molar-refractivity contribution in [3.05, 3.63) is 29.3 Å². The van der Waals surface area contributed by atoms with E-state index in [-0.39, 0.29) is 10.2 Å². The summed E-state index contributed by atoms with van der Waals surface area (Å²) in [7, 11) is 0. The van der Waals surface area contributed by atoms with Gasteiger partial charge in [-0.3, -0.25) is 4.79 Å². The Balaban J connectivity index is 2.19. The molecule has 1 aromatic carbocycles. The monoisotopic (exact) mass is 311 g/mol. The third-order valence-corrected chi connectivity index (χ3v) is 3.64. The van der Waals surface area contributed by atoms with Crippen molar-refractivity contribution in [2.24, 2.45) is 0 Å². The minimum absolute atomic E-state index is 0.0874. The van der Waals surface area contributed by atoms with Gasteiger partial charge in [-0.05, 0) is 30.0 Å². The van der Waals surface area contributed by atoms with E-state index < -0.39 is 0 Å². The number of nitrogens with one attached hydrogen (secondary N) is 1. The van der Waals surface area contributed by atoms with Crippen LogP contribution in [-0.4, -0.2) is 18.0 Å². The number of carbonyl (C=O) groups excluding carboxylic acids is 1. The maximum absolute atomic E-state index is 10.9. The summed E-state index contributed by atoms with van der Waals surface area (Å²) < 4.78 is 5.61. The molecule has 0 aliphatic carbocycles. The molecule has 0 fully saturated rings. The summed E-state index contributed by atoms with van der Waals surface area (Å²) >= 11 is 2.89. The van der Waals surface area contributed by atoms with Gasteiger partial charge in [0.1, 0.15) is 5.75 Å². The maximum Gasteiger partial charge on any atom is 0.287 e. The Labute approximate surface area is 116 Å². The summed E-state index contributed by atoms with van der Waals surface area (Å²) in [6, 6.07) is 6.33. The Morgan fingerprint density at radius 1 is 1.50 bits per heavy atom. The molecule has 98 valence electrons. The van der Waals surface area contributed by atoms with Crippen LogP contribution < -0.4 is 10.1 Å². The van der Waals surface area contributed by atoms with E-state index in [1.54, 1.807) is 0 Å². The van der Waals surface area contributed by atoms with Crippen LogP contribution in [0.15, 0.2) is 18.2 Å². The molecule has 2 rings (SSSR count). The predicted octanol–water partition coefficient (Wildman–Crippen LogP) is 3.39. The van der Waals surface area contributed by atoms with Crippen LogP contribution in [0.5, 0.6) is 5.75 Å². The molecule has 0 spiro atoms. The average Bonchev–Trinajstić information content (AvgIpc) is 2.36. The minimum Gasteiger partial charge on any atom is -0.493 e. The van der Waals surface area contributed by atoms with Crippen molar-refractivity contribution in [1.29, 1.82) is 0 Å². The van der Waals surface area contributed by atoms with E-state index in [2.05, 4.69) is 47.2 Å². The molecule has 18 heavy (non-hydrogen) atoms. The van der Waals surface area contributed by atoms with Crippen molar-refractivity contribution in [3.63, 3.8) is 0 Å². The molecule has 1 aromatic rings. The van der Waals surface area contributed by atoms with Crippen molar-refractivity contribution in [2.75, 3.05) is 13.2 Å². The van der Waals surface area contributed by atoms with Gasteiger partial charge in [-0.1, -0.05) is 26.0 Å². The zero-order chi connectivity index (χ0) is 13.2. The molecule has 0 saturated carbocycles. The molecular weight excluding hydrogens is 294 g/mol. The summed E-state index contributed by atoms with van der Waals surface area (Å²) in [5, 5.41) is 2.81. The summed E-state index contributed by atoms with van der Waals surface area (Å²) in [4.78, 5) is 10.8. The maximum atomic E-state index is 10.9. The van der Waals surface area contributed by atoms with Crippen molar-refractivity contribution in [2.45, 2.75) is 32.1 Å². The third-order valence-electron chi connectivity index (χ3n) is 3.36. The topological polar surface area (TPSA) is 38.3 Å². The lowest BCUT2D eigenvalue weighted by Gasteiger charge is -2.27. The van der Waals surface area contributed by atoms with Gasteiger partial charge < -0.3 is 10.1 Å². The summed E-state index contributed by atoms with van der Waals surface area (Å²) in [6.07, 6.45) is 2.15. The first-order chi connectivity index (χ1) is 8.49. The smallest absolute Gasteiger partial charge is 0.287 e. The summed E-state index contributed by atoms with van der Waals surface area (Å²) in [6.45, 7) is 5.68. The van der Waals surface area contributed by atoms with E-state index in [4.69, 9.17) is 4.74 Å². The van der Waals surface area contributed by atoms with Gasteiger partial charge in [-0.2, -0.15) is 0 Å². The zero-order valence-electron chi connectivity index (χ0n) is 10.8. The number of halogens is 1. The first-order valence-electron chi connectivity index (χ1n) is 6.18. The van der Waals surface area contributed by atoms with Gasteiger partial charge in [0.15, 0.2) is 0 Å². The highest BCUT2D eigenvalue weighted by Gasteiger charge is 2.23. The SMILES string of the molecule is CC(C)(CNC(=O)Br)c1ccc2c(c1)CCCO2. The van der Waals surface area contributed by atoms with Crippen molar-refractivity contribution < 1.29 is 9.53 Å². The lowest BCUT2D eigenvalue weighted by Crippen LogP contribution is -2.34. The number of hydrogen-bond acceptors (Lipinski definition) is 2. The standard InChI is InChI=1S/C14H18BrNO2/c1-14(2,9-16-13(15)17)11-5-6-12-10(8-11)4-3-7-18-12/h5-6,8H,3-4,7,9H2,1-2H3,(H,16,17). The second kappa shape index (κ2) is 5.31. The molecule has 4 heteroatoms. The molecule has 3 nitrogen and oxygen atoms in total. The molecule has 1 aliphatic rings. The van der Waals surface area contributed by atoms with Crippen molar-refractivity contribution in [3.8, 4) is 5.75 Å². The number of benzene rings is 1. The second-order valence-corrected chi connectivity index (χ2v) is 6.01.